The molecule has 1 aromatic carbocycles. The van der Waals surface area contributed by atoms with Gasteiger partial charge in [0, 0.05) is 18.7 Å². The van der Waals surface area contributed by atoms with Crippen molar-refractivity contribution in [3.63, 3.8) is 0 Å². The lowest BCUT2D eigenvalue weighted by Gasteiger charge is -2.22. The maximum atomic E-state index is 9.84. The molecular weight excluding hydrogens is 258 g/mol. The van der Waals surface area contributed by atoms with Crippen molar-refractivity contribution in [3.8, 4) is 11.5 Å². The molecule has 0 amide bonds. The predicted octanol–water partition coefficient (Wildman–Crippen LogP) is 1.68. The molecule has 5 nitrogen and oxygen atoms in total. The highest BCUT2D eigenvalue weighted by molar-refractivity contribution is 5.48. The van der Waals surface area contributed by atoms with Crippen molar-refractivity contribution in [2.75, 3.05) is 19.9 Å². The van der Waals surface area contributed by atoms with Gasteiger partial charge in [0.25, 0.3) is 0 Å². The Hall–Kier alpha value is -1.30. The van der Waals surface area contributed by atoms with E-state index >= 15 is 0 Å². The quantitative estimate of drug-likeness (QED) is 0.831. The fraction of sp³-hybridized carbons (Fsp3) is 0.600. The number of para-hydroxylation sites is 1. The van der Waals surface area contributed by atoms with Crippen molar-refractivity contribution in [3.05, 3.63) is 23.8 Å². The first-order valence-electron chi connectivity index (χ1n) is 6.86. The van der Waals surface area contributed by atoms with Gasteiger partial charge in [0.2, 0.25) is 6.79 Å². The van der Waals surface area contributed by atoms with Crippen LogP contribution in [0.3, 0.4) is 0 Å². The van der Waals surface area contributed by atoms with Crippen LogP contribution in [0.25, 0.3) is 0 Å². The van der Waals surface area contributed by atoms with Gasteiger partial charge < -0.3 is 24.6 Å². The molecule has 0 radical (unpaired) electrons. The van der Waals surface area contributed by atoms with E-state index < -0.39 is 6.10 Å². The smallest absolute Gasteiger partial charge is 0.231 e. The van der Waals surface area contributed by atoms with Crippen molar-refractivity contribution in [1.82, 2.24) is 5.32 Å². The van der Waals surface area contributed by atoms with Crippen LogP contribution in [0.15, 0.2) is 18.2 Å². The molecular formula is C15H23NO4. The summed E-state index contributed by atoms with van der Waals surface area (Å²) in [5.74, 6) is 1.57. The van der Waals surface area contributed by atoms with Gasteiger partial charge in [-0.05, 0) is 26.8 Å². The first-order valence-corrected chi connectivity index (χ1v) is 6.86. The predicted molar refractivity (Wildman–Crippen MR) is 76.0 cm³/mol. The van der Waals surface area contributed by atoms with Crippen molar-refractivity contribution in [2.45, 2.75) is 39.0 Å². The maximum Gasteiger partial charge on any atom is 0.231 e. The highest BCUT2D eigenvalue weighted by Crippen LogP contribution is 2.35. The average Bonchev–Trinajstić information content (AvgIpc) is 2.84. The Labute approximate surface area is 119 Å². The Morgan fingerprint density at radius 3 is 2.90 bits per heavy atom. The zero-order valence-corrected chi connectivity index (χ0v) is 12.3. The summed E-state index contributed by atoms with van der Waals surface area (Å²) in [5, 5.41) is 13.0. The number of nitrogens with one attached hydrogen (secondary N) is 1. The molecule has 0 aromatic heterocycles. The van der Waals surface area contributed by atoms with E-state index in [0.29, 0.717) is 19.7 Å². The average molecular weight is 281 g/mol. The minimum atomic E-state index is -0.525. The van der Waals surface area contributed by atoms with Gasteiger partial charge in [-0.25, -0.2) is 0 Å². The van der Waals surface area contributed by atoms with Gasteiger partial charge in [-0.3, -0.25) is 0 Å². The van der Waals surface area contributed by atoms with Crippen LogP contribution in [0.2, 0.25) is 0 Å². The summed E-state index contributed by atoms with van der Waals surface area (Å²) in [6.45, 7) is 7.60. The molecule has 0 fully saturated rings. The van der Waals surface area contributed by atoms with Crippen molar-refractivity contribution >= 4 is 0 Å². The number of hydrogen-bond acceptors (Lipinski definition) is 5. The first kappa shape index (κ1) is 15.1. The van der Waals surface area contributed by atoms with E-state index in [2.05, 4.69) is 5.32 Å². The highest BCUT2D eigenvalue weighted by atomic mass is 16.7. The molecule has 20 heavy (non-hydrogen) atoms. The van der Waals surface area contributed by atoms with Gasteiger partial charge in [0.15, 0.2) is 11.5 Å². The number of hydrogen-bond donors (Lipinski definition) is 2. The van der Waals surface area contributed by atoms with E-state index in [9.17, 15) is 5.11 Å². The van der Waals surface area contributed by atoms with Crippen molar-refractivity contribution in [1.29, 1.82) is 0 Å². The molecule has 0 spiro atoms. The third kappa shape index (κ3) is 4.37. The summed E-state index contributed by atoms with van der Waals surface area (Å²) in [5.41, 5.74) is 0.802. The molecule has 0 bridgehead atoms. The molecule has 1 aliphatic heterocycles. The van der Waals surface area contributed by atoms with Crippen LogP contribution in [0.1, 0.15) is 26.3 Å². The van der Waals surface area contributed by atoms with Crippen LogP contribution < -0.4 is 14.8 Å². The summed E-state index contributed by atoms with van der Waals surface area (Å²) in [6, 6.07) is 5.81. The standard InChI is InChI=1S/C15H23NO4/c1-15(2,3)20-9-12(17)8-16-7-11-5-4-6-13-14(11)19-10-18-13/h4-6,12,16-17H,7-10H2,1-3H3. The molecule has 1 unspecified atom stereocenters. The molecule has 1 aliphatic rings. The molecule has 1 aromatic rings. The number of aliphatic hydroxyl groups excluding tert-OH is 1. The molecule has 2 N–H and O–H groups in total. The second-order valence-corrected chi connectivity index (χ2v) is 5.86. The van der Waals surface area contributed by atoms with Gasteiger partial charge in [0.05, 0.1) is 18.3 Å². The molecule has 1 atom stereocenters. The van der Waals surface area contributed by atoms with E-state index in [0.717, 1.165) is 17.1 Å². The van der Waals surface area contributed by atoms with E-state index in [1.165, 1.54) is 0 Å². The topological polar surface area (TPSA) is 60.0 Å². The van der Waals surface area contributed by atoms with Crippen LogP contribution in [-0.4, -0.2) is 36.8 Å². The number of aliphatic hydroxyl groups is 1. The highest BCUT2D eigenvalue weighted by Gasteiger charge is 2.17. The summed E-state index contributed by atoms with van der Waals surface area (Å²) in [6.07, 6.45) is -0.525. The van der Waals surface area contributed by atoms with Crippen LogP contribution in [0.4, 0.5) is 0 Å². The van der Waals surface area contributed by atoms with E-state index in [-0.39, 0.29) is 12.4 Å². The van der Waals surface area contributed by atoms with Gasteiger partial charge >= 0.3 is 0 Å². The molecule has 0 saturated carbocycles. The van der Waals surface area contributed by atoms with E-state index in [1.807, 2.05) is 39.0 Å². The molecule has 5 heteroatoms. The molecule has 0 saturated heterocycles. The Morgan fingerprint density at radius 2 is 2.15 bits per heavy atom. The molecule has 0 aliphatic carbocycles. The lowest BCUT2D eigenvalue weighted by molar-refractivity contribution is -0.0479. The Morgan fingerprint density at radius 1 is 1.35 bits per heavy atom. The fourth-order valence-electron chi connectivity index (χ4n) is 1.91. The number of rotatable bonds is 6. The van der Waals surface area contributed by atoms with E-state index in [4.69, 9.17) is 14.2 Å². The largest absolute Gasteiger partial charge is 0.454 e. The van der Waals surface area contributed by atoms with Crippen LogP contribution in [-0.2, 0) is 11.3 Å². The van der Waals surface area contributed by atoms with Gasteiger partial charge in [0.1, 0.15) is 0 Å². The number of ether oxygens (including phenoxy) is 3. The molecule has 2 rings (SSSR count). The second kappa shape index (κ2) is 6.43. The SMILES string of the molecule is CC(C)(C)OCC(O)CNCc1cccc2c1OCO2. The summed E-state index contributed by atoms with van der Waals surface area (Å²) in [7, 11) is 0. The Balaban J connectivity index is 1.75. The molecule has 112 valence electrons. The monoisotopic (exact) mass is 281 g/mol. The van der Waals surface area contributed by atoms with Crippen LogP contribution >= 0.6 is 0 Å². The summed E-state index contributed by atoms with van der Waals surface area (Å²) >= 11 is 0. The third-order valence-electron chi connectivity index (χ3n) is 2.88. The van der Waals surface area contributed by atoms with Gasteiger partial charge in [-0.1, -0.05) is 12.1 Å². The lowest BCUT2D eigenvalue weighted by atomic mass is 10.2. The van der Waals surface area contributed by atoms with Gasteiger partial charge in [-0.15, -0.1) is 0 Å². The van der Waals surface area contributed by atoms with E-state index in [1.54, 1.807) is 0 Å². The van der Waals surface area contributed by atoms with Gasteiger partial charge in [-0.2, -0.15) is 0 Å². The number of benzene rings is 1. The zero-order valence-electron chi connectivity index (χ0n) is 12.3. The summed E-state index contributed by atoms with van der Waals surface area (Å²) in [4.78, 5) is 0. The maximum absolute atomic E-state index is 9.84. The molecule has 1 heterocycles. The van der Waals surface area contributed by atoms with Crippen LogP contribution in [0, 0.1) is 0 Å². The Kier molecular flexibility index (Phi) is 4.86. The number of fused-ring (bicyclic) bond motifs is 1. The minimum Gasteiger partial charge on any atom is -0.454 e. The first-order chi connectivity index (χ1) is 9.46. The summed E-state index contributed by atoms with van der Waals surface area (Å²) < 4.78 is 16.3. The van der Waals surface area contributed by atoms with Crippen LogP contribution in [0.5, 0.6) is 11.5 Å². The Bertz CT molecular complexity index is 442. The lowest BCUT2D eigenvalue weighted by Crippen LogP contribution is -2.33. The van der Waals surface area contributed by atoms with Crippen molar-refractivity contribution < 1.29 is 19.3 Å². The third-order valence-corrected chi connectivity index (χ3v) is 2.88. The second-order valence-electron chi connectivity index (χ2n) is 5.86. The van der Waals surface area contributed by atoms with Crippen molar-refractivity contribution in [2.24, 2.45) is 0 Å². The minimum absolute atomic E-state index is 0.230. The normalized spacial score (nSPS) is 15.4. The fourth-order valence-corrected chi connectivity index (χ4v) is 1.91. The zero-order chi connectivity index (χ0) is 14.6.